The summed E-state index contributed by atoms with van der Waals surface area (Å²) in [6.07, 6.45) is 4.48. The lowest BCUT2D eigenvalue weighted by atomic mass is 9.99. The number of carbonyl (C=O) groups is 5. The summed E-state index contributed by atoms with van der Waals surface area (Å²) in [4.78, 5) is 65.4. The van der Waals surface area contributed by atoms with Gasteiger partial charge in [-0.15, -0.1) is 0 Å². The van der Waals surface area contributed by atoms with Crippen LogP contribution in [0.2, 0.25) is 0 Å². The molecule has 200 valence electrons. The van der Waals surface area contributed by atoms with Gasteiger partial charge in [-0.1, -0.05) is 61.4 Å². The molecular weight excluding hydrogens is 502 g/mol. The van der Waals surface area contributed by atoms with E-state index in [0.717, 1.165) is 5.75 Å². The minimum Gasteiger partial charge on any atom is -0.456 e. The van der Waals surface area contributed by atoms with Gasteiger partial charge in [0.25, 0.3) is 0 Å². The first-order valence-corrected chi connectivity index (χ1v) is 14.7. The summed E-state index contributed by atoms with van der Waals surface area (Å²) in [5.41, 5.74) is 0.205. The number of nitrogens with one attached hydrogen (secondary N) is 3. The number of hydrogen-bond acceptors (Lipinski definition) is 8. The summed E-state index contributed by atoms with van der Waals surface area (Å²) in [7, 11) is 3.02. The van der Waals surface area contributed by atoms with Crippen LogP contribution in [0.3, 0.4) is 0 Å². The molecule has 9 nitrogen and oxygen atoms in total. The van der Waals surface area contributed by atoms with Gasteiger partial charge >= 0.3 is 5.97 Å². The third kappa shape index (κ3) is 8.99. The molecule has 0 aromatic rings. The number of Topliss-reactive ketones (excluding diaryl/α,β-unsaturated/α-hetero) is 1. The summed E-state index contributed by atoms with van der Waals surface area (Å²) in [5.74, 6) is -1.97. The molecule has 2 heterocycles. The van der Waals surface area contributed by atoms with Crippen LogP contribution in [-0.2, 0) is 28.7 Å². The number of hydrogen-bond donors (Lipinski definition) is 3. The van der Waals surface area contributed by atoms with E-state index in [1.807, 2.05) is 6.08 Å². The molecule has 2 bridgehead atoms. The fraction of sp³-hybridized carbons (Fsp3) is 0.640. The standard InChI is InChI=1S/C25H37N3O6S2/c1-6-16-11-19(29)18-13-36-35-10-8-7-9-17(34-25(33)22(15(4)5)28-23(16)31)12-20(30)27-21(14(2)3)24(32)26-18/h6-7,9,14-15,17-18,21-22H,8,10-13H2,1-5H3,(H,26,32)(H,27,30)(H,28,31)/b9-7+,16-6+. The average molecular weight is 540 g/mol. The molecule has 11 heteroatoms. The number of fused-ring (bicyclic) bond motifs is 7. The van der Waals surface area contributed by atoms with Crippen LogP contribution in [0.25, 0.3) is 0 Å². The second kappa shape index (κ2) is 14.5. The van der Waals surface area contributed by atoms with Crippen LogP contribution < -0.4 is 16.0 Å². The van der Waals surface area contributed by atoms with Gasteiger partial charge in [-0.2, -0.15) is 0 Å². The Bertz CT molecular complexity index is 902. The Labute approximate surface area is 220 Å². The van der Waals surface area contributed by atoms with E-state index < -0.39 is 47.9 Å². The van der Waals surface area contributed by atoms with Crippen molar-refractivity contribution in [2.24, 2.45) is 11.8 Å². The van der Waals surface area contributed by atoms with Gasteiger partial charge in [0.05, 0.1) is 12.5 Å². The number of ketones is 1. The largest absolute Gasteiger partial charge is 0.456 e. The van der Waals surface area contributed by atoms with E-state index in [9.17, 15) is 24.0 Å². The molecule has 3 amide bonds. The maximum Gasteiger partial charge on any atom is 0.329 e. The van der Waals surface area contributed by atoms with E-state index in [1.165, 1.54) is 16.9 Å². The van der Waals surface area contributed by atoms with E-state index >= 15 is 0 Å². The van der Waals surface area contributed by atoms with Crippen LogP contribution in [-0.4, -0.2) is 65.2 Å². The van der Waals surface area contributed by atoms with Crippen molar-refractivity contribution < 1.29 is 28.7 Å². The lowest BCUT2D eigenvalue weighted by molar-refractivity contribution is -0.153. The van der Waals surface area contributed by atoms with E-state index in [0.29, 0.717) is 12.2 Å². The van der Waals surface area contributed by atoms with E-state index in [4.69, 9.17) is 4.74 Å². The Kier molecular flexibility index (Phi) is 12.0. The van der Waals surface area contributed by atoms with Crippen molar-refractivity contribution in [2.45, 2.75) is 78.1 Å². The van der Waals surface area contributed by atoms with Crippen LogP contribution in [0.1, 0.15) is 53.9 Å². The summed E-state index contributed by atoms with van der Waals surface area (Å²) >= 11 is 0. The van der Waals surface area contributed by atoms with Gasteiger partial charge in [0.15, 0.2) is 5.78 Å². The topological polar surface area (TPSA) is 131 Å². The summed E-state index contributed by atoms with van der Waals surface area (Å²) in [6, 6.07) is -2.69. The minimum atomic E-state index is -0.963. The number of allylic oxidation sites excluding steroid dienone is 2. The first kappa shape index (κ1) is 30.0. The van der Waals surface area contributed by atoms with Crippen LogP contribution in [0.5, 0.6) is 0 Å². The van der Waals surface area contributed by atoms with Crippen molar-refractivity contribution in [1.82, 2.24) is 16.0 Å². The Morgan fingerprint density at radius 3 is 2.31 bits per heavy atom. The molecule has 0 spiro atoms. The molecule has 4 unspecified atom stereocenters. The second-order valence-electron chi connectivity index (χ2n) is 9.51. The quantitative estimate of drug-likeness (QED) is 0.211. The Balaban J connectivity index is 2.55. The van der Waals surface area contributed by atoms with Crippen molar-refractivity contribution in [1.29, 1.82) is 0 Å². The van der Waals surface area contributed by atoms with Crippen molar-refractivity contribution in [2.75, 3.05) is 11.5 Å². The van der Waals surface area contributed by atoms with Gasteiger partial charge in [0.1, 0.15) is 18.2 Å². The third-order valence-electron chi connectivity index (χ3n) is 5.87. The fourth-order valence-corrected chi connectivity index (χ4v) is 5.88. The number of rotatable bonds is 2. The number of carbonyl (C=O) groups excluding carboxylic acids is 5. The summed E-state index contributed by atoms with van der Waals surface area (Å²) in [5, 5.41) is 8.24. The lowest BCUT2D eigenvalue weighted by Gasteiger charge is -2.27. The predicted octanol–water partition coefficient (Wildman–Crippen LogP) is 2.32. The van der Waals surface area contributed by atoms with E-state index in [2.05, 4.69) is 16.0 Å². The van der Waals surface area contributed by atoms with Crippen molar-refractivity contribution in [3.63, 3.8) is 0 Å². The molecule has 4 atom stereocenters. The van der Waals surface area contributed by atoms with Crippen molar-refractivity contribution >= 4 is 51.1 Å². The molecule has 2 aliphatic heterocycles. The van der Waals surface area contributed by atoms with Crippen LogP contribution >= 0.6 is 21.6 Å². The minimum absolute atomic E-state index is 0.179. The highest BCUT2D eigenvalue weighted by atomic mass is 33.1. The highest BCUT2D eigenvalue weighted by molar-refractivity contribution is 8.76. The zero-order valence-electron chi connectivity index (χ0n) is 21.5. The zero-order valence-corrected chi connectivity index (χ0v) is 23.1. The highest BCUT2D eigenvalue weighted by Gasteiger charge is 2.33. The van der Waals surface area contributed by atoms with Crippen molar-refractivity contribution in [3.8, 4) is 0 Å². The van der Waals surface area contributed by atoms with Crippen LogP contribution in [0.4, 0.5) is 0 Å². The normalized spacial score (nSPS) is 29.9. The van der Waals surface area contributed by atoms with Gasteiger partial charge in [-0.05, 0) is 31.3 Å². The molecule has 0 aliphatic carbocycles. The third-order valence-corrected chi connectivity index (χ3v) is 8.32. The van der Waals surface area contributed by atoms with Gasteiger partial charge in [-0.25, -0.2) is 4.79 Å². The molecule has 0 aromatic carbocycles. The van der Waals surface area contributed by atoms with Gasteiger partial charge in [0, 0.05) is 23.5 Å². The van der Waals surface area contributed by atoms with Crippen LogP contribution in [0.15, 0.2) is 23.8 Å². The van der Waals surface area contributed by atoms with Gasteiger partial charge in [-0.3, -0.25) is 19.2 Å². The zero-order chi connectivity index (χ0) is 26.8. The predicted molar refractivity (Wildman–Crippen MR) is 142 cm³/mol. The first-order chi connectivity index (χ1) is 17.0. The summed E-state index contributed by atoms with van der Waals surface area (Å²) < 4.78 is 5.67. The average Bonchev–Trinajstić information content (AvgIpc) is 2.81. The Hall–Kier alpha value is -2.27. The van der Waals surface area contributed by atoms with E-state index in [-0.39, 0.29) is 36.0 Å². The smallest absolute Gasteiger partial charge is 0.329 e. The molecule has 2 rings (SSSR count). The monoisotopic (exact) mass is 539 g/mol. The molecule has 3 N–H and O–H groups in total. The Morgan fingerprint density at radius 2 is 1.67 bits per heavy atom. The molecule has 2 aliphatic rings. The first-order valence-electron chi connectivity index (χ1n) is 12.2. The maximum atomic E-state index is 13.3. The highest BCUT2D eigenvalue weighted by Crippen LogP contribution is 2.25. The molecule has 0 radical (unpaired) electrons. The molecule has 36 heavy (non-hydrogen) atoms. The van der Waals surface area contributed by atoms with Crippen LogP contribution in [0, 0.1) is 11.8 Å². The van der Waals surface area contributed by atoms with Crippen molar-refractivity contribution in [3.05, 3.63) is 23.8 Å². The van der Waals surface area contributed by atoms with Gasteiger partial charge < -0.3 is 20.7 Å². The van der Waals surface area contributed by atoms with E-state index in [1.54, 1.807) is 51.5 Å². The number of esters is 1. The molecule has 0 saturated carbocycles. The van der Waals surface area contributed by atoms with Gasteiger partial charge in [0.2, 0.25) is 17.7 Å². The Morgan fingerprint density at radius 1 is 0.972 bits per heavy atom. The fourth-order valence-electron chi connectivity index (χ4n) is 3.69. The molecular formula is C25H37N3O6S2. The lowest BCUT2D eigenvalue weighted by Crippen LogP contribution is -2.55. The second-order valence-corrected chi connectivity index (χ2v) is 12.1. The summed E-state index contributed by atoms with van der Waals surface area (Å²) in [6.45, 7) is 8.79. The number of ether oxygens (including phenoxy) is 1. The molecule has 1 saturated heterocycles. The SMILES string of the molecule is C/C=C1\CC(=O)C2CSSCC/C=C/C(CC(=O)NC(C(C)C)C(=O)N2)OC(=O)C(C(C)C)NC1=O. The maximum absolute atomic E-state index is 13.3. The molecule has 0 aromatic heterocycles. The number of amides is 3. The molecule has 1 fully saturated rings.